The summed E-state index contributed by atoms with van der Waals surface area (Å²) >= 11 is 5.95. The van der Waals surface area contributed by atoms with E-state index in [1.165, 1.54) is 5.56 Å². The Bertz CT molecular complexity index is 336. The van der Waals surface area contributed by atoms with Gasteiger partial charge >= 0.3 is 0 Å². The molecule has 0 heterocycles. The number of rotatable bonds is 5. The van der Waals surface area contributed by atoms with Crippen LogP contribution >= 0.6 is 11.6 Å². The molecule has 0 aliphatic rings. The Kier molecular flexibility index (Phi) is 4.78. The molecule has 16 heavy (non-hydrogen) atoms. The largest absolute Gasteiger partial charge is 0.330 e. The van der Waals surface area contributed by atoms with E-state index in [2.05, 4.69) is 31.9 Å². The predicted molar refractivity (Wildman–Crippen MR) is 70.6 cm³/mol. The van der Waals surface area contributed by atoms with Crippen LogP contribution in [-0.2, 0) is 6.54 Å². The summed E-state index contributed by atoms with van der Waals surface area (Å²) in [5.74, 6) is 0. The minimum Gasteiger partial charge on any atom is -0.330 e. The highest BCUT2D eigenvalue weighted by Gasteiger charge is 2.17. The zero-order chi connectivity index (χ0) is 12.2. The maximum absolute atomic E-state index is 5.95. The first-order chi connectivity index (χ1) is 7.43. The molecule has 0 fully saturated rings. The van der Waals surface area contributed by atoms with E-state index >= 15 is 0 Å². The minimum absolute atomic E-state index is 0.160. The van der Waals surface area contributed by atoms with Gasteiger partial charge in [-0.1, -0.05) is 37.6 Å². The van der Waals surface area contributed by atoms with Crippen molar-refractivity contribution in [3.63, 3.8) is 0 Å². The first-order valence-corrected chi connectivity index (χ1v) is 5.94. The second-order valence-corrected chi connectivity index (χ2v) is 5.61. The smallest absolute Gasteiger partial charge is 0.0409 e. The predicted octanol–water partition coefficient (Wildman–Crippen LogP) is 2.76. The topological polar surface area (TPSA) is 29.3 Å². The summed E-state index contributed by atoms with van der Waals surface area (Å²) in [6.45, 7) is 6.95. The van der Waals surface area contributed by atoms with Crippen molar-refractivity contribution in [3.05, 3.63) is 34.9 Å². The Morgan fingerprint density at radius 3 is 2.62 bits per heavy atom. The Morgan fingerprint density at radius 2 is 2.06 bits per heavy atom. The molecule has 0 spiro atoms. The van der Waals surface area contributed by atoms with Crippen LogP contribution in [0.25, 0.3) is 0 Å². The van der Waals surface area contributed by atoms with E-state index in [1.54, 1.807) is 0 Å². The molecular weight excluding hydrogens is 220 g/mol. The minimum atomic E-state index is 0.160. The van der Waals surface area contributed by atoms with Gasteiger partial charge in [0.2, 0.25) is 0 Å². The molecule has 2 N–H and O–H groups in total. The number of halogens is 1. The van der Waals surface area contributed by atoms with Gasteiger partial charge in [0.25, 0.3) is 0 Å². The van der Waals surface area contributed by atoms with Crippen molar-refractivity contribution in [1.29, 1.82) is 0 Å². The van der Waals surface area contributed by atoms with Gasteiger partial charge in [-0.2, -0.15) is 0 Å². The van der Waals surface area contributed by atoms with Gasteiger partial charge in [-0.25, -0.2) is 0 Å². The third-order valence-corrected chi connectivity index (χ3v) is 2.83. The zero-order valence-electron chi connectivity index (χ0n) is 10.3. The molecule has 1 aromatic carbocycles. The van der Waals surface area contributed by atoms with Crippen molar-refractivity contribution in [3.8, 4) is 0 Å². The highest BCUT2D eigenvalue weighted by Crippen LogP contribution is 2.17. The van der Waals surface area contributed by atoms with Gasteiger partial charge in [0.1, 0.15) is 0 Å². The molecule has 0 aliphatic carbocycles. The summed E-state index contributed by atoms with van der Waals surface area (Å²) in [6, 6.07) is 7.99. The summed E-state index contributed by atoms with van der Waals surface area (Å²) in [6.07, 6.45) is 0. The van der Waals surface area contributed by atoms with Crippen molar-refractivity contribution in [2.24, 2.45) is 11.1 Å². The summed E-state index contributed by atoms with van der Waals surface area (Å²) in [5, 5.41) is 0.795. The van der Waals surface area contributed by atoms with Crippen LogP contribution in [0.15, 0.2) is 24.3 Å². The van der Waals surface area contributed by atoms with E-state index in [-0.39, 0.29) is 5.41 Å². The quantitative estimate of drug-likeness (QED) is 0.858. The van der Waals surface area contributed by atoms with Crippen LogP contribution in [-0.4, -0.2) is 25.0 Å². The number of hydrogen-bond acceptors (Lipinski definition) is 2. The lowest BCUT2D eigenvalue weighted by Gasteiger charge is -2.29. The van der Waals surface area contributed by atoms with E-state index in [0.29, 0.717) is 6.54 Å². The fraction of sp³-hybridized carbons (Fsp3) is 0.538. The molecule has 0 bridgehead atoms. The normalized spacial score (nSPS) is 12.1. The highest BCUT2D eigenvalue weighted by atomic mass is 35.5. The molecule has 1 aromatic rings. The van der Waals surface area contributed by atoms with Crippen molar-refractivity contribution in [2.75, 3.05) is 20.1 Å². The molecule has 0 amide bonds. The van der Waals surface area contributed by atoms with Crippen LogP contribution in [0.4, 0.5) is 0 Å². The molecular formula is C13H21ClN2. The number of benzene rings is 1. The van der Waals surface area contributed by atoms with E-state index in [9.17, 15) is 0 Å². The number of nitrogens with two attached hydrogens (primary N) is 1. The van der Waals surface area contributed by atoms with Gasteiger partial charge in [-0.15, -0.1) is 0 Å². The van der Waals surface area contributed by atoms with Crippen LogP contribution in [0.1, 0.15) is 19.4 Å². The average Bonchev–Trinajstić information content (AvgIpc) is 2.16. The van der Waals surface area contributed by atoms with Crippen molar-refractivity contribution >= 4 is 11.6 Å². The maximum Gasteiger partial charge on any atom is 0.0409 e. The lowest BCUT2D eigenvalue weighted by Crippen LogP contribution is -2.36. The molecule has 2 nitrogen and oxygen atoms in total. The van der Waals surface area contributed by atoms with E-state index in [1.807, 2.05) is 18.2 Å². The molecule has 0 atom stereocenters. The van der Waals surface area contributed by atoms with E-state index < -0.39 is 0 Å². The number of hydrogen-bond donors (Lipinski definition) is 1. The Hall–Kier alpha value is -0.570. The van der Waals surface area contributed by atoms with Gasteiger partial charge in [0.05, 0.1) is 0 Å². The van der Waals surface area contributed by atoms with Gasteiger partial charge in [0.15, 0.2) is 0 Å². The third kappa shape index (κ3) is 4.52. The number of nitrogens with zero attached hydrogens (tertiary/aromatic N) is 1. The van der Waals surface area contributed by atoms with Crippen LogP contribution in [0.3, 0.4) is 0 Å². The zero-order valence-corrected chi connectivity index (χ0v) is 11.1. The fourth-order valence-corrected chi connectivity index (χ4v) is 2.01. The lowest BCUT2D eigenvalue weighted by molar-refractivity contribution is 0.210. The average molecular weight is 241 g/mol. The third-order valence-electron chi connectivity index (χ3n) is 2.59. The standard InChI is InChI=1S/C13H21ClN2/c1-13(2,9-15)10-16(3)8-11-5-4-6-12(14)7-11/h4-7H,8-10,15H2,1-3H3. The van der Waals surface area contributed by atoms with E-state index in [0.717, 1.165) is 18.1 Å². The van der Waals surface area contributed by atoms with Crippen LogP contribution in [0.2, 0.25) is 5.02 Å². The van der Waals surface area contributed by atoms with Crippen molar-refractivity contribution in [1.82, 2.24) is 4.90 Å². The van der Waals surface area contributed by atoms with Gasteiger partial charge in [0, 0.05) is 18.1 Å². The summed E-state index contributed by atoms with van der Waals surface area (Å²) in [5.41, 5.74) is 7.12. The Labute approximate surface area is 103 Å². The van der Waals surface area contributed by atoms with Gasteiger partial charge in [-0.05, 0) is 36.7 Å². The molecule has 0 saturated carbocycles. The van der Waals surface area contributed by atoms with Gasteiger partial charge < -0.3 is 10.6 Å². The lowest BCUT2D eigenvalue weighted by atomic mass is 9.93. The molecule has 1 rings (SSSR count). The first kappa shape index (κ1) is 13.5. The van der Waals surface area contributed by atoms with Crippen molar-refractivity contribution < 1.29 is 0 Å². The van der Waals surface area contributed by atoms with Gasteiger partial charge in [-0.3, -0.25) is 0 Å². The second kappa shape index (κ2) is 5.67. The van der Waals surface area contributed by atoms with Crippen LogP contribution in [0, 0.1) is 5.41 Å². The highest BCUT2D eigenvalue weighted by molar-refractivity contribution is 6.30. The second-order valence-electron chi connectivity index (χ2n) is 5.17. The molecule has 3 heteroatoms. The maximum atomic E-state index is 5.95. The summed E-state index contributed by atoms with van der Waals surface area (Å²) < 4.78 is 0. The fourth-order valence-electron chi connectivity index (χ4n) is 1.80. The first-order valence-electron chi connectivity index (χ1n) is 5.56. The van der Waals surface area contributed by atoms with Crippen LogP contribution in [0.5, 0.6) is 0 Å². The SMILES string of the molecule is CN(Cc1cccc(Cl)c1)CC(C)(C)CN. The molecule has 0 unspecified atom stereocenters. The van der Waals surface area contributed by atoms with Crippen LogP contribution < -0.4 is 5.73 Å². The molecule has 0 aromatic heterocycles. The Morgan fingerprint density at radius 1 is 1.38 bits per heavy atom. The Balaban J connectivity index is 2.55. The molecule has 0 saturated heterocycles. The molecule has 0 aliphatic heterocycles. The van der Waals surface area contributed by atoms with Crippen molar-refractivity contribution in [2.45, 2.75) is 20.4 Å². The summed E-state index contributed by atoms with van der Waals surface area (Å²) in [4.78, 5) is 2.28. The molecule has 90 valence electrons. The molecule has 0 radical (unpaired) electrons. The summed E-state index contributed by atoms with van der Waals surface area (Å²) in [7, 11) is 2.11. The monoisotopic (exact) mass is 240 g/mol. The van der Waals surface area contributed by atoms with E-state index in [4.69, 9.17) is 17.3 Å².